The molecule has 1 amide bonds. The molecule has 0 fully saturated rings. The van der Waals surface area contributed by atoms with Crippen molar-refractivity contribution in [2.45, 2.75) is 32.2 Å². The monoisotopic (exact) mass is 418 g/mol. The van der Waals surface area contributed by atoms with Gasteiger partial charge >= 0.3 is 0 Å². The van der Waals surface area contributed by atoms with Gasteiger partial charge in [0.1, 0.15) is 5.75 Å². The second kappa shape index (κ2) is 7.41. The van der Waals surface area contributed by atoms with Gasteiger partial charge in [0.25, 0.3) is 12.3 Å². The minimum atomic E-state index is -3.18. The molecule has 3 rings (SSSR count). The number of carbonyl (C=O) groups is 1. The molecule has 0 aliphatic carbocycles. The van der Waals surface area contributed by atoms with E-state index in [2.05, 4.69) is 10.2 Å². The average Bonchev–Trinajstić information content (AvgIpc) is 3.18. The average molecular weight is 419 g/mol. The lowest BCUT2D eigenvalue weighted by atomic mass is 10.1. The Kier molecular flexibility index (Phi) is 5.36. The van der Waals surface area contributed by atoms with Crippen molar-refractivity contribution in [3.8, 4) is 5.75 Å². The van der Waals surface area contributed by atoms with Crippen molar-refractivity contribution >= 4 is 34.8 Å². The van der Waals surface area contributed by atoms with Crippen LogP contribution in [0.5, 0.6) is 5.75 Å². The molecular weight excluding hydrogens is 405 g/mol. The molecule has 0 spiro atoms. The largest absolute Gasteiger partial charge is 0.470 e. The Morgan fingerprint density at radius 2 is 2.15 bits per heavy atom. The third-order valence-corrected chi connectivity index (χ3v) is 4.33. The van der Waals surface area contributed by atoms with Crippen molar-refractivity contribution in [2.24, 2.45) is 5.10 Å². The minimum absolute atomic E-state index is 0.0873. The van der Waals surface area contributed by atoms with E-state index in [9.17, 15) is 18.7 Å². The molecule has 1 aromatic heterocycles. The molecule has 2 heterocycles. The van der Waals surface area contributed by atoms with E-state index in [0.717, 1.165) is 0 Å². The molecule has 1 N–H and O–H groups in total. The Hall–Kier alpha value is -2.23. The van der Waals surface area contributed by atoms with Gasteiger partial charge in [0.15, 0.2) is 12.4 Å². The fraction of sp³-hybridized carbons (Fsp3) is 0.312. The van der Waals surface area contributed by atoms with Gasteiger partial charge in [-0.05, 0) is 31.2 Å². The maximum absolute atomic E-state index is 13.2. The van der Waals surface area contributed by atoms with E-state index in [0.29, 0.717) is 20.8 Å². The van der Waals surface area contributed by atoms with E-state index in [1.54, 1.807) is 12.1 Å². The van der Waals surface area contributed by atoms with E-state index in [4.69, 9.17) is 27.9 Å². The lowest BCUT2D eigenvalue weighted by Gasteiger charge is -2.29. The van der Waals surface area contributed by atoms with Gasteiger partial charge in [0.2, 0.25) is 5.72 Å². The van der Waals surface area contributed by atoms with Crippen molar-refractivity contribution in [3.05, 3.63) is 46.2 Å². The maximum Gasteiger partial charge on any atom is 0.297 e. The molecule has 1 aliphatic heterocycles. The Morgan fingerprint density at radius 3 is 2.81 bits per heavy atom. The summed E-state index contributed by atoms with van der Waals surface area (Å²) in [6, 6.07) is 5.99. The van der Waals surface area contributed by atoms with Crippen molar-refractivity contribution in [1.29, 1.82) is 0 Å². The van der Waals surface area contributed by atoms with Crippen molar-refractivity contribution in [1.82, 2.24) is 14.8 Å². The first-order valence-corrected chi connectivity index (χ1v) is 8.47. The molecular formula is C16H14Cl2F2N4O3. The molecule has 144 valence electrons. The molecule has 7 nitrogen and oxygen atoms in total. The summed E-state index contributed by atoms with van der Waals surface area (Å²) in [6.07, 6.45) is -2.19. The second-order valence-electron chi connectivity index (χ2n) is 5.90. The number of halogens is 4. The zero-order valence-corrected chi connectivity index (χ0v) is 15.5. The van der Waals surface area contributed by atoms with Gasteiger partial charge in [0.05, 0.1) is 5.02 Å². The van der Waals surface area contributed by atoms with Crippen LogP contribution in [-0.2, 0) is 6.73 Å². The fourth-order valence-electron chi connectivity index (χ4n) is 2.52. The molecule has 0 bridgehead atoms. The van der Waals surface area contributed by atoms with Crippen molar-refractivity contribution in [2.75, 3.05) is 0 Å². The molecule has 0 radical (unpaired) electrons. The highest BCUT2D eigenvalue weighted by Crippen LogP contribution is 2.32. The molecule has 1 aromatic carbocycles. The maximum atomic E-state index is 13.2. The molecule has 0 unspecified atom stereocenters. The van der Waals surface area contributed by atoms with Gasteiger partial charge < -0.3 is 9.84 Å². The minimum Gasteiger partial charge on any atom is -0.470 e. The SMILES string of the molecule is CC1=NN(C(=O)c2ccn(COc3ccc(Cl)cc3Cl)n2)[C@@](O)(C(F)F)C1. The predicted octanol–water partition coefficient (Wildman–Crippen LogP) is 3.40. The van der Waals surface area contributed by atoms with Crippen LogP contribution in [0.3, 0.4) is 0 Å². The fourth-order valence-corrected chi connectivity index (χ4v) is 2.98. The van der Waals surface area contributed by atoms with Crippen LogP contribution >= 0.6 is 23.2 Å². The number of ether oxygens (including phenoxy) is 1. The second-order valence-corrected chi connectivity index (χ2v) is 6.74. The number of aliphatic hydroxyl groups is 1. The Labute approximate surface area is 162 Å². The summed E-state index contributed by atoms with van der Waals surface area (Å²) in [5.41, 5.74) is -2.64. The van der Waals surface area contributed by atoms with Crippen LogP contribution in [0.4, 0.5) is 8.78 Å². The van der Waals surface area contributed by atoms with Crippen molar-refractivity contribution < 1.29 is 23.4 Å². The van der Waals surface area contributed by atoms with E-state index in [-0.39, 0.29) is 18.1 Å². The number of alkyl halides is 2. The van der Waals surface area contributed by atoms with E-state index < -0.39 is 24.5 Å². The van der Waals surface area contributed by atoms with Crippen LogP contribution in [-0.4, -0.2) is 43.7 Å². The van der Waals surface area contributed by atoms with Gasteiger partial charge in [-0.1, -0.05) is 23.2 Å². The van der Waals surface area contributed by atoms with Gasteiger partial charge in [-0.2, -0.15) is 15.2 Å². The number of nitrogens with zero attached hydrogens (tertiary/aromatic N) is 4. The highest BCUT2D eigenvalue weighted by molar-refractivity contribution is 6.35. The third kappa shape index (κ3) is 3.90. The van der Waals surface area contributed by atoms with Crippen LogP contribution < -0.4 is 4.74 Å². The topological polar surface area (TPSA) is 80.0 Å². The molecule has 0 saturated heterocycles. The van der Waals surface area contributed by atoms with Gasteiger partial charge in [-0.15, -0.1) is 0 Å². The number of hydrogen-bond donors (Lipinski definition) is 1. The number of carbonyl (C=O) groups excluding carboxylic acids is 1. The van der Waals surface area contributed by atoms with Crippen LogP contribution in [0, 0.1) is 0 Å². The third-order valence-electron chi connectivity index (χ3n) is 3.80. The first-order chi connectivity index (χ1) is 12.7. The van der Waals surface area contributed by atoms with E-state index >= 15 is 0 Å². The standard InChI is InChI=1S/C16H14Cl2F2N4O3/c1-9-7-16(26,15(19)20)24(21-9)14(25)12-4-5-23(22-12)8-27-13-3-2-10(17)6-11(13)18/h2-6,15,26H,7-8H2,1H3/t16-/m0/s1. The normalized spacial score (nSPS) is 19.5. The number of hydrazone groups is 1. The Bertz CT molecular complexity index is 906. The summed E-state index contributed by atoms with van der Waals surface area (Å²) in [4.78, 5) is 12.5. The van der Waals surface area contributed by atoms with Crippen molar-refractivity contribution in [3.63, 3.8) is 0 Å². The number of amides is 1. The van der Waals surface area contributed by atoms with Gasteiger partial charge in [0, 0.05) is 23.4 Å². The molecule has 1 aliphatic rings. The van der Waals surface area contributed by atoms with Crippen LogP contribution in [0.15, 0.2) is 35.6 Å². The highest BCUT2D eigenvalue weighted by atomic mass is 35.5. The zero-order chi connectivity index (χ0) is 19.8. The Balaban J connectivity index is 1.72. The lowest BCUT2D eigenvalue weighted by Crippen LogP contribution is -2.51. The summed E-state index contributed by atoms with van der Waals surface area (Å²) in [5.74, 6) is -0.589. The molecule has 2 aromatic rings. The van der Waals surface area contributed by atoms with Gasteiger partial charge in [-0.25, -0.2) is 13.5 Å². The van der Waals surface area contributed by atoms with Gasteiger partial charge in [-0.3, -0.25) is 4.79 Å². The van der Waals surface area contributed by atoms with E-state index in [1.165, 1.54) is 29.9 Å². The number of aromatic nitrogens is 2. The first kappa shape index (κ1) is 19.5. The summed E-state index contributed by atoms with van der Waals surface area (Å²) in [7, 11) is 0. The molecule has 0 saturated carbocycles. The number of hydrogen-bond acceptors (Lipinski definition) is 5. The quantitative estimate of drug-likeness (QED) is 0.806. The molecule has 11 heteroatoms. The highest BCUT2D eigenvalue weighted by Gasteiger charge is 2.51. The molecule has 27 heavy (non-hydrogen) atoms. The summed E-state index contributed by atoms with van der Waals surface area (Å²) >= 11 is 11.8. The Morgan fingerprint density at radius 1 is 1.41 bits per heavy atom. The first-order valence-electron chi connectivity index (χ1n) is 7.71. The van der Waals surface area contributed by atoms with Crippen LogP contribution in [0.25, 0.3) is 0 Å². The predicted molar refractivity (Wildman–Crippen MR) is 94.2 cm³/mol. The van der Waals surface area contributed by atoms with E-state index in [1.807, 2.05) is 0 Å². The smallest absolute Gasteiger partial charge is 0.297 e. The number of rotatable bonds is 5. The number of benzene rings is 1. The summed E-state index contributed by atoms with van der Waals surface area (Å²) in [5, 5.41) is 18.9. The molecule has 1 atom stereocenters. The van der Waals surface area contributed by atoms with Crippen LogP contribution in [0.1, 0.15) is 23.8 Å². The zero-order valence-electron chi connectivity index (χ0n) is 13.9. The lowest BCUT2D eigenvalue weighted by molar-refractivity contribution is -0.164. The summed E-state index contributed by atoms with van der Waals surface area (Å²) in [6.45, 7) is 1.36. The van der Waals surface area contributed by atoms with Crippen LogP contribution in [0.2, 0.25) is 10.0 Å². The summed E-state index contributed by atoms with van der Waals surface area (Å²) < 4.78 is 33.2.